The van der Waals surface area contributed by atoms with E-state index in [1.165, 1.54) is 6.08 Å². The van der Waals surface area contributed by atoms with Gasteiger partial charge < -0.3 is 9.47 Å². The molecule has 0 heterocycles. The summed E-state index contributed by atoms with van der Waals surface area (Å²) in [6.07, 6.45) is 6.90. The smallest absolute Gasteiger partial charge is 0.185 e. The van der Waals surface area contributed by atoms with Gasteiger partial charge in [-0.15, -0.1) is 0 Å². The van der Waals surface area contributed by atoms with Gasteiger partial charge in [-0.05, 0) is 48.0 Å². The molecule has 2 aromatic carbocycles. The summed E-state index contributed by atoms with van der Waals surface area (Å²) in [5, 5.41) is 0.610. The molecule has 0 saturated heterocycles. The van der Waals surface area contributed by atoms with E-state index in [9.17, 15) is 4.79 Å². The Hall–Kier alpha value is -2.52. The highest BCUT2D eigenvalue weighted by atomic mass is 35.5. The van der Waals surface area contributed by atoms with Crippen molar-refractivity contribution in [1.82, 2.24) is 0 Å². The highest BCUT2D eigenvalue weighted by molar-refractivity contribution is 6.30. The normalized spacial score (nSPS) is 11.1. The lowest BCUT2D eigenvalue weighted by Crippen LogP contribution is -1.92. The summed E-state index contributed by atoms with van der Waals surface area (Å²) in [6, 6.07) is 12.4. The minimum absolute atomic E-state index is 0.0707. The summed E-state index contributed by atoms with van der Waals surface area (Å²) >= 11 is 5.80. The van der Waals surface area contributed by atoms with E-state index in [1.807, 2.05) is 24.3 Å². The van der Waals surface area contributed by atoms with E-state index >= 15 is 0 Å². The first kappa shape index (κ1) is 16.8. The fourth-order valence-electron chi connectivity index (χ4n) is 1.98. The Kier molecular flexibility index (Phi) is 6.01. The minimum Gasteiger partial charge on any atom is -0.493 e. The van der Waals surface area contributed by atoms with Crippen LogP contribution in [0.5, 0.6) is 11.5 Å². The van der Waals surface area contributed by atoms with Crippen molar-refractivity contribution < 1.29 is 14.3 Å². The molecule has 0 fully saturated rings. The van der Waals surface area contributed by atoms with Gasteiger partial charge in [-0.3, -0.25) is 4.79 Å². The number of ketones is 1. The molecule has 4 heteroatoms. The number of allylic oxidation sites excluding steroid dienone is 3. The molecule has 118 valence electrons. The highest BCUT2D eigenvalue weighted by Crippen LogP contribution is 2.27. The number of hydrogen-bond acceptors (Lipinski definition) is 3. The third-order valence-corrected chi connectivity index (χ3v) is 3.44. The van der Waals surface area contributed by atoms with Crippen LogP contribution in [0, 0.1) is 0 Å². The number of carbonyl (C=O) groups excluding carboxylic acids is 1. The summed E-state index contributed by atoms with van der Waals surface area (Å²) in [7, 11) is 3.19. The molecule has 0 bridgehead atoms. The lowest BCUT2D eigenvalue weighted by Gasteiger charge is -2.07. The maximum atomic E-state index is 12.0. The topological polar surface area (TPSA) is 35.5 Å². The molecule has 3 nitrogen and oxygen atoms in total. The van der Waals surface area contributed by atoms with Gasteiger partial charge in [0.2, 0.25) is 0 Å². The fourth-order valence-corrected chi connectivity index (χ4v) is 2.10. The number of carbonyl (C=O) groups is 1. The van der Waals surface area contributed by atoms with Crippen molar-refractivity contribution in [2.45, 2.75) is 0 Å². The zero-order valence-corrected chi connectivity index (χ0v) is 13.7. The van der Waals surface area contributed by atoms with Gasteiger partial charge in [0.1, 0.15) is 0 Å². The molecule has 2 rings (SSSR count). The first-order valence-corrected chi connectivity index (χ1v) is 7.38. The van der Waals surface area contributed by atoms with Crippen molar-refractivity contribution in [3.63, 3.8) is 0 Å². The van der Waals surface area contributed by atoms with E-state index < -0.39 is 0 Å². The van der Waals surface area contributed by atoms with Crippen molar-refractivity contribution >= 4 is 23.5 Å². The molecule has 0 saturated carbocycles. The number of hydrogen-bond donors (Lipinski definition) is 0. The van der Waals surface area contributed by atoms with Gasteiger partial charge in [0.25, 0.3) is 0 Å². The summed E-state index contributed by atoms with van der Waals surface area (Å²) in [6.45, 7) is 0. The van der Waals surface area contributed by atoms with Gasteiger partial charge in [-0.25, -0.2) is 0 Å². The zero-order valence-electron chi connectivity index (χ0n) is 13.0. The molecule has 0 aromatic heterocycles. The Morgan fingerprint density at radius 1 is 0.957 bits per heavy atom. The SMILES string of the molecule is COc1ccc(/C=C/C=C/C(=O)c2ccc(Cl)cc2)cc1OC. The number of rotatable bonds is 6. The molecule has 0 N–H and O–H groups in total. The summed E-state index contributed by atoms with van der Waals surface area (Å²) in [5.41, 5.74) is 1.55. The number of benzene rings is 2. The summed E-state index contributed by atoms with van der Waals surface area (Å²) in [4.78, 5) is 12.0. The fraction of sp³-hybridized carbons (Fsp3) is 0.105. The van der Waals surface area contributed by atoms with E-state index in [-0.39, 0.29) is 5.78 Å². The Bertz CT molecular complexity index is 731. The van der Waals surface area contributed by atoms with E-state index in [1.54, 1.807) is 50.6 Å². The molecule has 0 amide bonds. The second-order valence-electron chi connectivity index (χ2n) is 4.70. The third kappa shape index (κ3) is 4.73. The minimum atomic E-state index is -0.0707. The molecule has 0 aliphatic heterocycles. The van der Waals surface area contributed by atoms with Crippen LogP contribution in [0.1, 0.15) is 15.9 Å². The average Bonchev–Trinajstić information content (AvgIpc) is 2.58. The van der Waals surface area contributed by atoms with Crippen molar-refractivity contribution in [2.24, 2.45) is 0 Å². The number of methoxy groups -OCH3 is 2. The standard InChI is InChI=1S/C19H17ClO3/c1-22-18-12-7-14(13-19(18)23-2)5-3-4-6-17(21)15-8-10-16(20)11-9-15/h3-13H,1-2H3/b5-3+,6-4+. The Balaban J connectivity index is 2.03. The summed E-state index contributed by atoms with van der Waals surface area (Å²) in [5.74, 6) is 1.27. The third-order valence-electron chi connectivity index (χ3n) is 3.18. The second kappa shape index (κ2) is 8.20. The van der Waals surface area contributed by atoms with Gasteiger partial charge in [0.05, 0.1) is 14.2 Å². The predicted octanol–water partition coefficient (Wildman–Crippen LogP) is 4.81. The first-order valence-electron chi connectivity index (χ1n) is 7.00. The molecule has 23 heavy (non-hydrogen) atoms. The van der Waals surface area contributed by atoms with Crippen LogP contribution in [0.25, 0.3) is 6.08 Å². The maximum absolute atomic E-state index is 12.0. The lowest BCUT2D eigenvalue weighted by atomic mass is 10.1. The summed E-state index contributed by atoms with van der Waals surface area (Å²) < 4.78 is 10.4. The number of ether oxygens (including phenoxy) is 2. The van der Waals surface area contributed by atoms with E-state index in [4.69, 9.17) is 21.1 Å². The predicted molar refractivity (Wildman–Crippen MR) is 93.5 cm³/mol. The first-order chi connectivity index (χ1) is 11.1. The van der Waals surface area contributed by atoms with Crippen LogP contribution in [0.3, 0.4) is 0 Å². The van der Waals surface area contributed by atoms with Gasteiger partial charge >= 0.3 is 0 Å². The van der Waals surface area contributed by atoms with Crippen LogP contribution in [0.15, 0.2) is 60.7 Å². The van der Waals surface area contributed by atoms with Gasteiger partial charge in [-0.1, -0.05) is 35.9 Å². The Morgan fingerprint density at radius 3 is 2.30 bits per heavy atom. The molecule has 2 aromatic rings. The Labute approximate surface area is 140 Å². The van der Waals surface area contributed by atoms with Crippen molar-refractivity contribution in [2.75, 3.05) is 14.2 Å². The monoisotopic (exact) mass is 328 g/mol. The van der Waals surface area contributed by atoms with Crippen LogP contribution in [-0.4, -0.2) is 20.0 Å². The van der Waals surface area contributed by atoms with Crippen LogP contribution in [0.2, 0.25) is 5.02 Å². The van der Waals surface area contributed by atoms with Crippen LogP contribution in [0.4, 0.5) is 0 Å². The molecule has 0 atom stereocenters. The molecule has 0 unspecified atom stereocenters. The maximum Gasteiger partial charge on any atom is 0.185 e. The van der Waals surface area contributed by atoms with E-state index in [0.29, 0.717) is 22.1 Å². The van der Waals surface area contributed by atoms with Crippen LogP contribution < -0.4 is 9.47 Å². The molecule has 0 aliphatic rings. The van der Waals surface area contributed by atoms with Crippen molar-refractivity contribution in [1.29, 1.82) is 0 Å². The molecule has 0 radical (unpaired) electrons. The van der Waals surface area contributed by atoms with E-state index in [2.05, 4.69) is 0 Å². The largest absolute Gasteiger partial charge is 0.493 e. The van der Waals surface area contributed by atoms with Gasteiger partial charge in [0.15, 0.2) is 17.3 Å². The second-order valence-corrected chi connectivity index (χ2v) is 5.14. The number of halogens is 1. The zero-order chi connectivity index (χ0) is 16.7. The molecular formula is C19H17ClO3. The molecular weight excluding hydrogens is 312 g/mol. The Morgan fingerprint density at radius 2 is 1.65 bits per heavy atom. The van der Waals surface area contributed by atoms with Gasteiger partial charge in [-0.2, -0.15) is 0 Å². The quantitative estimate of drug-likeness (QED) is 0.433. The average molecular weight is 329 g/mol. The van der Waals surface area contributed by atoms with Crippen molar-refractivity contribution in [3.05, 3.63) is 76.8 Å². The highest BCUT2D eigenvalue weighted by Gasteiger charge is 2.02. The van der Waals surface area contributed by atoms with Crippen molar-refractivity contribution in [3.8, 4) is 11.5 Å². The van der Waals surface area contributed by atoms with Gasteiger partial charge in [0, 0.05) is 10.6 Å². The molecule has 0 aliphatic carbocycles. The van der Waals surface area contributed by atoms with Crippen LogP contribution >= 0.6 is 11.6 Å². The molecule has 0 spiro atoms. The lowest BCUT2D eigenvalue weighted by molar-refractivity contribution is 0.104. The van der Waals surface area contributed by atoms with E-state index in [0.717, 1.165) is 5.56 Å². The van der Waals surface area contributed by atoms with Crippen LogP contribution in [-0.2, 0) is 0 Å².